The fraction of sp³-hybridized carbons (Fsp3) is 0. The topological polar surface area (TPSA) is 75.3 Å². The van der Waals surface area contributed by atoms with E-state index < -0.39 is 15.8 Å². The van der Waals surface area contributed by atoms with Gasteiger partial charge in [0.15, 0.2) is 0 Å². The molecule has 0 spiro atoms. The van der Waals surface area contributed by atoms with Crippen molar-refractivity contribution in [3.8, 4) is 11.1 Å². The molecule has 0 unspecified atom stereocenters. The van der Waals surface area contributed by atoms with Crippen molar-refractivity contribution in [1.82, 2.24) is 0 Å². The summed E-state index contributed by atoms with van der Waals surface area (Å²) in [5, 5.41) is 2.76. The lowest BCUT2D eigenvalue weighted by molar-refractivity contribution is 0.102. The zero-order valence-electron chi connectivity index (χ0n) is 16.8. The molecule has 1 amide bonds. The van der Waals surface area contributed by atoms with E-state index in [1.54, 1.807) is 12.1 Å². The second kappa shape index (κ2) is 9.03. The van der Waals surface area contributed by atoms with Crippen LogP contribution in [0.25, 0.3) is 11.1 Å². The first-order chi connectivity index (χ1) is 15.4. The monoisotopic (exact) mass is 446 g/mol. The van der Waals surface area contributed by atoms with Gasteiger partial charge in [-0.05, 0) is 71.8 Å². The maximum absolute atomic E-state index is 13.0. The van der Waals surface area contributed by atoms with E-state index in [1.165, 1.54) is 48.5 Å². The number of sulfonamides is 1. The average Bonchev–Trinajstić information content (AvgIpc) is 2.81. The minimum Gasteiger partial charge on any atom is -0.322 e. The molecule has 0 saturated carbocycles. The summed E-state index contributed by atoms with van der Waals surface area (Å²) in [7, 11) is -3.84. The van der Waals surface area contributed by atoms with Crippen LogP contribution < -0.4 is 10.0 Å². The Kier molecular flexibility index (Phi) is 6.00. The van der Waals surface area contributed by atoms with Crippen LogP contribution in [0.2, 0.25) is 0 Å². The molecule has 0 saturated heterocycles. The third-order valence-electron chi connectivity index (χ3n) is 4.77. The summed E-state index contributed by atoms with van der Waals surface area (Å²) < 4.78 is 40.4. The van der Waals surface area contributed by atoms with E-state index in [4.69, 9.17) is 0 Å². The van der Waals surface area contributed by atoms with Crippen molar-refractivity contribution in [3.05, 3.63) is 115 Å². The van der Waals surface area contributed by atoms with Crippen LogP contribution in [0.5, 0.6) is 0 Å². The average molecular weight is 447 g/mol. The minimum atomic E-state index is -3.84. The molecule has 0 radical (unpaired) electrons. The predicted molar refractivity (Wildman–Crippen MR) is 123 cm³/mol. The zero-order valence-corrected chi connectivity index (χ0v) is 17.6. The van der Waals surface area contributed by atoms with Gasteiger partial charge in [-0.3, -0.25) is 9.52 Å². The Morgan fingerprint density at radius 1 is 0.656 bits per heavy atom. The number of nitrogens with one attached hydrogen (secondary N) is 2. The van der Waals surface area contributed by atoms with Crippen LogP contribution in [0.4, 0.5) is 15.8 Å². The molecule has 4 aromatic rings. The van der Waals surface area contributed by atoms with Gasteiger partial charge in [0.05, 0.1) is 4.90 Å². The number of amides is 1. The van der Waals surface area contributed by atoms with Crippen LogP contribution in [0, 0.1) is 5.82 Å². The molecule has 0 heterocycles. The summed E-state index contributed by atoms with van der Waals surface area (Å²) in [5.41, 5.74) is 3.26. The van der Waals surface area contributed by atoms with Gasteiger partial charge in [0, 0.05) is 16.9 Å². The maximum atomic E-state index is 13.0. The van der Waals surface area contributed by atoms with Gasteiger partial charge in [-0.2, -0.15) is 0 Å². The van der Waals surface area contributed by atoms with Gasteiger partial charge in [-0.15, -0.1) is 0 Å². The van der Waals surface area contributed by atoms with Gasteiger partial charge in [0.2, 0.25) is 0 Å². The Labute approximate surface area is 185 Å². The Morgan fingerprint density at radius 3 is 1.84 bits per heavy atom. The normalized spacial score (nSPS) is 11.0. The lowest BCUT2D eigenvalue weighted by Crippen LogP contribution is -2.14. The fourth-order valence-corrected chi connectivity index (χ4v) is 4.16. The smallest absolute Gasteiger partial charge is 0.261 e. The number of anilines is 2. The van der Waals surface area contributed by atoms with Crippen LogP contribution in [0.1, 0.15) is 10.4 Å². The number of hydrogen-bond acceptors (Lipinski definition) is 3. The SMILES string of the molecule is O=C(Nc1ccc(S(=O)(=O)Nc2ccc(F)cc2)cc1)c1ccc(-c2ccccc2)cc1. The molecule has 32 heavy (non-hydrogen) atoms. The summed E-state index contributed by atoms with van der Waals surface area (Å²) in [4.78, 5) is 12.6. The molecule has 0 fully saturated rings. The molecule has 4 aromatic carbocycles. The molecular weight excluding hydrogens is 427 g/mol. The van der Waals surface area contributed by atoms with Crippen LogP contribution in [0.15, 0.2) is 108 Å². The van der Waals surface area contributed by atoms with Gasteiger partial charge in [0.25, 0.3) is 15.9 Å². The minimum absolute atomic E-state index is 0.0204. The number of carbonyl (C=O) groups excluding carboxylic acids is 1. The highest BCUT2D eigenvalue weighted by atomic mass is 32.2. The first-order valence-corrected chi connectivity index (χ1v) is 11.2. The molecule has 7 heteroatoms. The first kappa shape index (κ1) is 21.3. The molecule has 0 atom stereocenters. The van der Waals surface area contributed by atoms with Crippen molar-refractivity contribution in [2.75, 3.05) is 10.0 Å². The Bertz CT molecular complexity index is 1320. The lowest BCUT2D eigenvalue weighted by atomic mass is 10.0. The highest BCUT2D eigenvalue weighted by Gasteiger charge is 2.15. The zero-order chi connectivity index (χ0) is 22.6. The van der Waals surface area contributed by atoms with Crippen molar-refractivity contribution in [1.29, 1.82) is 0 Å². The van der Waals surface area contributed by atoms with Crippen molar-refractivity contribution in [3.63, 3.8) is 0 Å². The van der Waals surface area contributed by atoms with E-state index in [2.05, 4.69) is 10.0 Å². The highest BCUT2D eigenvalue weighted by Crippen LogP contribution is 2.21. The van der Waals surface area contributed by atoms with Crippen molar-refractivity contribution in [2.45, 2.75) is 4.90 Å². The van der Waals surface area contributed by atoms with Gasteiger partial charge < -0.3 is 5.32 Å². The second-order valence-corrected chi connectivity index (χ2v) is 8.72. The molecule has 2 N–H and O–H groups in total. The Hall–Kier alpha value is -3.97. The largest absolute Gasteiger partial charge is 0.322 e. The number of carbonyl (C=O) groups is 1. The Balaban J connectivity index is 1.43. The van der Waals surface area contributed by atoms with E-state index in [1.807, 2.05) is 42.5 Å². The number of rotatable bonds is 6. The quantitative estimate of drug-likeness (QED) is 0.408. The maximum Gasteiger partial charge on any atom is 0.261 e. The van der Waals surface area contributed by atoms with Crippen LogP contribution in [-0.4, -0.2) is 14.3 Å². The van der Waals surface area contributed by atoms with Gasteiger partial charge in [-0.25, -0.2) is 12.8 Å². The molecule has 0 aliphatic heterocycles. The lowest BCUT2D eigenvalue weighted by Gasteiger charge is -2.10. The van der Waals surface area contributed by atoms with Crippen molar-refractivity contribution >= 4 is 27.3 Å². The number of hydrogen-bond donors (Lipinski definition) is 2. The van der Waals surface area contributed by atoms with Gasteiger partial charge in [-0.1, -0.05) is 42.5 Å². The molecule has 0 aliphatic rings. The molecule has 160 valence electrons. The fourth-order valence-electron chi connectivity index (χ4n) is 3.10. The predicted octanol–water partition coefficient (Wildman–Crippen LogP) is 5.55. The van der Waals surface area contributed by atoms with Gasteiger partial charge >= 0.3 is 0 Å². The third-order valence-corrected chi connectivity index (χ3v) is 6.17. The summed E-state index contributed by atoms with van der Waals surface area (Å²) >= 11 is 0. The van der Waals surface area contributed by atoms with E-state index >= 15 is 0 Å². The van der Waals surface area contributed by atoms with Crippen molar-refractivity contribution < 1.29 is 17.6 Å². The summed E-state index contributed by atoms with van der Waals surface area (Å²) in [6.07, 6.45) is 0. The number of benzene rings is 4. The van der Waals surface area contributed by atoms with E-state index in [0.29, 0.717) is 11.3 Å². The second-order valence-electron chi connectivity index (χ2n) is 7.03. The van der Waals surface area contributed by atoms with Crippen LogP contribution in [-0.2, 0) is 10.0 Å². The molecule has 0 aliphatic carbocycles. The molecule has 4 rings (SSSR count). The summed E-state index contributed by atoms with van der Waals surface area (Å²) in [5.74, 6) is -0.757. The molecule has 0 aromatic heterocycles. The molecular formula is C25H19FN2O3S. The standard InChI is InChI=1S/C25H19FN2O3S/c26-21-10-12-23(13-11-21)28-32(30,31)24-16-14-22(15-17-24)27-25(29)20-8-6-19(7-9-20)18-4-2-1-3-5-18/h1-17,28H,(H,27,29). The molecule has 0 bridgehead atoms. The van der Waals surface area contributed by atoms with E-state index in [9.17, 15) is 17.6 Å². The summed E-state index contributed by atoms with van der Waals surface area (Å²) in [6.45, 7) is 0. The number of halogens is 1. The first-order valence-electron chi connectivity index (χ1n) is 9.76. The van der Waals surface area contributed by atoms with Crippen LogP contribution >= 0.6 is 0 Å². The Morgan fingerprint density at radius 2 is 1.22 bits per heavy atom. The highest BCUT2D eigenvalue weighted by molar-refractivity contribution is 7.92. The third kappa shape index (κ3) is 5.01. The van der Waals surface area contributed by atoms with Crippen LogP contribution in [0.3, 0.4) is 0 Å². The van der Waals surface area contributed by atoms with Crippen molar-refractivity contribution in [2.24, 2.45) is 0 Å². The van der Waals surface area contributed by atoms with Gasteiger partial charge in [0.1, 0.15) is 5.82 Å². The summed E-state index contributed by atoms with van der Waals surface area (Å²) in [6, 6.07) is 27.9. The molecule has 5 nitrogen and oxygen atoms in total. The van der Waals surface area contributed by atoms with E-state index in [0.717, 1.165) is 11.1 Å². The van der Waals surface area contributed by atoms with E-state index in [-0.39, 0.29) is 16.5 Å².